The second-order valence-electron chi connectivity index (χ2n) is 6.42. The molecule has 0 aliphatic heterocycles. The van der Waals surface area contributed by atoms with Crippen LogP contribution in [0.25, 0.3) is 0 Å². The fourth-order valence-corrected chi connectivity index (χ4v) is 3.45. The molecule has 0 aliphatic rings. The minimum atomic E-state index is -4.81. The standard InChI is InChI=1S/C18H21F4N3O2S/c1-10(2)15-14(24-17(28-15)25(3)7-8-27-4)16(26)23-13-6-5-11(19)9-12(13)18(20,21)22/h5-6,9-10H,7-8H2,1-4H3,(H,23,26). The van der Waals surface area contributed by atoms with Crippen LogP contribution >= 0.6 is 11.3 Å². The van der Waals surface area contributed by atoms with Crippen molar-refractivity contribution in [2.45, 2.75) is 25.9 Å². The number of benzene rings is 1. The lowest BCUT2D eigenvalue weighted by atomic mass is 10.1. The Morgan fingerprint density at radius 1 is 1.36 bits per heavy atom. The first kappa shape index (κ1) is 22.1. The summed E-state index contributed by atoms with van der Waals surface area (Å²) in [6.45, 7) is 4.72. The van der Waals surface area contributed by atoms with Gasteiger partial charge in [0.25, 0.3) is 5.91 Å². The van der Waals surface area contributed by atoms with Crippen molar-refractivity contribution in [1.29, 1.82) is 0 Å². The molecule has 0 saturated heterocycles. The van der Waals surface area contributed by atoms with Crippen molar-refractivity contribution in [1.82, 2.24) is 4.98 Å². The topological polar surface area (TPSA) is 54.5 Å². The van der Waals surface area contributed by atoms with Crippen LogP contribution in [0.2, 0.25) is 0 Å². The number of hydrogen-bond donors (Lipinski definition) is 1. The molecule has 0 radical (unpaired) electrons. The number of nitrogens with one attached hydrogen (secondary N) is 1. The predicted molar refractivity (Wildman–Crippen MR) is 101 cm³/mol. The highest BCUT2D eigenvalue weighted by molar-refractivity contribution is 7.16. The van der Waals surface area contributed by atoms with Gasteiger partial charge in [-0.2, -0.15) is 13.2 Å². The van der Waals surface area contributed by atoms with Crippen LogP contribution in [-0.2, 0) is 10.9 Å². The molecule has 0 unspecified atom stereocenters. The molecule has 1 aromatic carbocycles. The Balaban J connectivity index is 2.36. The van der Waals surface area contributed by atoms with E-state index in [4.69, 9.17) is 4.74 Å². The molecule has 0 saturated carbocycles. The Labute approximate surface area is 164 Å². The third-order valence-electron chi connectivity index (χ3n) is 3.87. The van der Waals surface area contributed by atoms with E-state index in [1.54, 1.807) is 19.1 Å². The molecule has 1 aromatic heterocycles. The largest absolute Gasteiger partial charge is 0.418 e. The fraction of sp³-hybridized carbons (Fsp3) is 0.444. The van der Waals surface area contributed by atoms with Gasteiger partial charge in [0.1, 0.15) is 11.5 Å². The minimum absolute atomic E-state index is 0.0525. The number of carbonyl (C=O) groups excluding carboxylic acids is 1. The zero-order chi connectivity index (χ0) is 21.1. The summed E-state index contributed by atoms with van der Waals surface area (Å²) in [4.78, 5) is 19.4. The first-order valence-electron chi connectivity index (χ1n) is 8.43. The van der Waals surface area contributed by atoms with Gasteiger partial charge in [0.2, 0.25) is 0 Å². The number of thiazole rings is 1. The van der Waals surface area contributed by atoms with Crippen molar-refractivity contribution in [2.75, 3.05) is 37.5 Å². The van der Waals surface area contributed by atoms with Gasteiger partial charge in [0.05, 0.1) is 17.9 Å². The van der Waals surface area contributed by atoms with Gasteiger partial charge in [0, 0.05) is 25.6 Å². The average molecular weight is 419 g/mol. The molecule has 1 amide bonds. The smallest absolute Gasteiger partial charge is 0.383 e. The molecule has 0 fully saturated rings. The van der Waals surface area contributed by atoms with Crippen LogP contribution in [0.5, 0.6) is 0 Å². The van der Waals surface area contributed by atoms with Crippen LogP contribution in [-0.4, -0.2) is 38.2 Å². The molecular weight excluding hydrogens is 398 g/mol. The molecule has 0 bridgehead atoms. The Morgan fingerprint density at radius 2 is 2.04 bits per heavy atom. The van der Waals surface area contributed by atoms with Gasteiger partial charge in [0.15, 0.2) is 5.13 Å². The molecule has 0 aliphatic carbocycles. The first-order chi connectivity index (χ1) is 13.0. The molecule has 154 valence electrons. The number of alkyl halides is 3. The number of hydrogen-bond acceptors (Lipinski definition) is 5. The van der Waals surface area contributed by atoms with Crippen LogP contribution in [0.1, 0.15) is 40.7 Å². The van der Waals surface area contributed by atoms with Gasteiger partial charge >= 0.3 is 6.18 Å². The SMILES string of the molecule is COCCN(C)c1nc(C(=O)Nc2ccc(F)cc2C(F)(F)F)c(C(C)C)s1. The molecular formula is C18H21F4N3O2S. The Kier molecular flexibility index (Phi) is 7.00. The normalized spacial score (nSPS) is 11.8. The molecule has 0 spiro atoms. The van der Waals surface area contributed by atoms with Crippen LogP contribution in [0.3, 0.4) is 0 Å². The minimum Gasteiger partial charge on any atom is -0.383 e. The maximum atomic E-state index is 13.3. The van der Waals surface area contributed by atoms with Gasteiger partial charge < -0.3 is 15.0 Å². The van der Waals surface area contributed by atoms with Crippen molar-refractivity contribution in [3.05, 3.63) is 40.2 Å². The van der Waals surface area contributed by atoms with Crippen LogP contribution < -0.4 is 10.2 Å². The van der Waals surface area contributed by atoms with Gasteiger partial charge in [-0.15, -0.1) is 11.3 Å². The van der Waals surface area contributed by atoms with Crippen molar-refractivity contribution in [2.24, 2.45) is 0 Å². The van der Waals surface area contributed by atoms with Crippen LogP contribution in [0.4, 0.5) is 28.4 Å². The number of likely N-dealkylation sites (N-methyl/N-ethyl adjacent to an activating group) is 1. The highest BCUT2D eigenvalue weighted by Gasteiger charge is 2.35. The number of amides is 1. The summed E-state index contributed by atoms with van der Waals surface area (Å²) in [7, 11) is 3.35. The maximum Gasteiger partial charge on any atom is 0.418 e. The van der Waals surface area contributed by atoms with Crippen molar-refractivity contribution in [3.63, 3.8) is 0 Å². The number of halogens is 4. The second kappa shape index (κ2) is 8.87. The molecule has 1 heterocycles. The number of anilines is 2. The van der Waals surface area contributed by atoms with E-state index in [9.17, 15) is 22.4 Å². The summed E-state index contributed by atoms with van der Waals surface area (Å²) in [6.07, 6.45) is -4.81. The molecule has 1 N–H and O–H groups in total. The quantitative estimate of drug-likeness (QED) is 0.658. The highest BCUT2D eigenvalue weighted by atomic mass is 32.1. The number of nitrogens with zero attached hydrogens (tertiary/aromatic N) is 2. The Morgan fingerprint density at radius 3 is 2.61 bits per heavy atom. The number of ether oxygens (including phenoxy) is 1. The van der Waals surface area contributed by atoms with Gasteiger partial charge in [-0.1, -0.05) is 13.8 Å². The molecule has 10 heteroatoms. The summed E-state index contributed by atoms with van der Waals surface area (Å²) >= 11 is 1.29. The summed E-state index contributed by atoms with van der Waals surface area (Å²) in [5.41, 5.74) is -1.72. The first-order valence-corrected chi connectivity index (χ1v) is 9.25. The third-order valence-corrected chi connectivity index (χ3v) is 5.34. The van der Waals surface area contributed by atoms with E-state index in [-0.39, 0.29) is 11.6 Å². The zero-order valence-corrected chi connectivity index (χ0v) is 16.7. The Hall–Kier alpha value is -2.20. The van der Waals surface area contributed by atoms with E-state index in [1.807, 2.05) is 13.8 Å². The summed E-state index contributed by atoms with van der Waals surface area (Å²) in [6, 6.07) is 2.10. The molecule has 28 heavy (non-hydrogen) atoms. The fourth-order valence-electron chi connectivity index (χ4n) is 2.40. The monoisotopic (exact) mass is 419 g/mol. The average Bonchev–Trinajstić information content (AvgIpc) is 3.06. The summed E-state index contributed by atoms with van der Waals surface area (Å²) in [5.74, 6) is -1.87. The number of carbonyl (C=O) groups is 1. The lowest BCUT2D eigenvalue weighted by molar-refractivity contribution is -0.137. The van der Waals surface area contributed by atoms with E-state index in [0.717, 1.165) is 12.1 Å². The second-order valence-corrected chi connectivity index (χ2v) is 7.43. The van der Waals surface area contributed by atoms with Crippen LogP contribution in [0.15, 0.2) is 18.2 Å². The van der Waals surface area contributed by atoms with Crippen molar-refractivity contribution < 1.29 is 27.1 Å². The van der Waals surface area contributed by atoms with E-state index in [2.05, 4.69) is 10.3 Å². The summed E-state index contributed by atoms with van der Waals surface area (Å²) < 4.78 is 57.8. The van der Waals surface area contributed by atoms with E-state index >= 15 is 0 Å². The van der Waals surface area contributed by atoms with Gasteiger partial charge in [-0.25, -0.2) is 9.37 Å². The maximum absolute atomic E-state index is 13.3. The predicted octanol–water partition coefficient (Wildman–Crippen LogP) is 4.76. The number of rotatable bonds is 7. The Bertz CT molecular complexity index is 837. The van der Waals surface area contributed by atoms with Gasteiger partial charge in [-0.05, 0) is 24.1 Å². The van der Waals surface area contributed by atoms with E-state index in [1.165, 1.54) is 11.3 Å². The van der Waals surface area contributed by atoms with E-state index in [0.29, 0.717) is 29.2 Å². The highest BCUT2D eigenvalue weighted by Crippen LogP contribution is 2.36. The molecule has 5 nitrogen and oxygen atoms in total. The third kappa shape index (κ3) is 5.20. The molecule has 0 atom stereocenters. The summed E-state index contributed by atoms with van der Waals surface area (Å²) in [5, 5.41) is 2.78. The lowest BCUT2D eigenvalue weighted by Gasteiger charge is -2.14. The van der Waals surface area contributed by atoms with E-state index < -0.39 is 29.2 Å². The molecule has 2 aromatic rings. The lowest BCUT2D eigenvalue weighted by Crippen LogP contribution is -2.22. The van der Waals surface area contributed by atoms with Gasteiger partial charge in [-0.3, -0.25) is 4.79 Å². The van der Waals surface area contributed by atoms with Crippen molar-refractivity contribution in [3.8, 4) is 0 Å². The number of aromatic nitrogens is 1. The number of methoxy groups -OCH3 is 1. The van der Waals surface area contributed by atoms with Crippen LogP contribution in [0, 0.1) is 5.82 Å². The zero-order valence-electron chi connectivity index (χ0n) is 15.9. The van der Waals surface area contributed by atoms with Crippen molar-refractivity contribution >= 4 is 28.1 Å². The molecule has 2 rings (SSSR count).